The minimum atomic E-state index is -0.530. The van der Waals surface area contributed by atoms with Gasteiger partial charge < -0.3 is 14.8 Å². The average Bonchev–Trinajstić information content (AvgIpc) is 2.57. The first-order chi connectivity index (χ1) is 8.19. The molecule has 1 aliphatic rings. The van der Waals surface area contributed by atoms with Gasteiger partial charge in [0.25, 0.3) is 0 Å². The van der Waals surface area contributed by atoms with Crippen molar-refractivity contribution in [3.8, 4) is 0 Å². The number of rotatable bonds is 3. The van der Waals surface area contributed by atoms with E-state index in [0.29, 0.717) is 12.8 Å². The van der Waals surface area contributed by atoms with E-state index in [4.69, 9.17) is 9.47 Å². The smallest absolute Gasteiger partial charge is 0.408 e. The summed E-state index contributed by atoms with van der Waals surface area (Å²) in [7, 11) is 0. The molecule has 0 aliphatic carbocycles. The van der Waals surface area contributed by atoms with Crippen molar-refractivity contribution in [2.24, 2.45) is 5.92 Å². The molecule has 104 valence electrons. The molecule has 5 heteroatoms. The lowest BCUT2D eigenvalue weighted by Gasteiger charge is -2.28. The first-order valence-electron chi connectivity index (χ1n) is 6.38. The SMILES string of the molecule is CC(C)C(NC(=O)OC(C)(C)C)[C@@H]1CCC(=O)O1. The van der Waals surface area contributed by atoms with E-state index >= 15 is 0 Å². The van der Waals surface area contributed by atoms with E-state index in [1.165, 1.54) is 0 Å². The number of hydrogen-bond acceptors (Lipinski definition) is 4. The van der Waals surface area contributed by atoms with Gasteiger partial charge in [-0.05, 0) is 33.1 Å². The van der Waals surface area contributed by atoms with Crippen molar-refractivity contribution in [2.45, 2.75) is 65.2 Å². The molecule has 1 saturated heterocycles. The molecule has 0 saturated carbocycles. The molecule has 0 aromatic heterocycles. The molecule has 1 heterocycles. The first-order valence-corrected chi connectivity index (χ1v) is 6.38. The summed E-state index contributed by atoms with van der Waals surface area (Å²) in [4.78, 5) is 22.9. The largest absolute Gasteiger partial charge is 0.460 e. The maximum Gasteiger partial charge on any atom is 0.408 e. The lowest BCUT2D eigenvalue weighted by Crippen LogP contribution is -2.48. The first kappa shape index (κ1) is 14.8. The van der Waals surface area contributed by atoms with Crippen LogP contribution in [0.25, 0.3) is 0 Å². The highest BCUT2D eigenvalue weighted by atomic mass is 16.6. The van der Waals surface area contributed by atoms with Crippen LogP contribution in [0.5, 0.6) is 0 Å². The number of alkyl carbamates (subject to hydrolysis) is 1. The summed E-state index contributed by atoms with van der Waals surface area (Å²) in [5, 5.41) is 2.80. The predicted octanol–water partition coefficient (Wildman–Crippen LogP) is 2.24. The molecule has 0 spiro atoms. The Balaban J connectivity index is 2.58. The third-order valence-electron chi connectivity index (χ3n) is 2.72. The summed E-state index contributed by atoms with van der Waals surface area (Å²) < 4.78 is 10.4. The van der Waals surface area contributed by atoms with Crippen LogP contribution < -0.4 is 5.32 Å². The van der Waals surface area contributed by atoms with Crippen LogP contribution in [0.1, 0.15) is 47.5 Å². The van der Waals surface area contributed by atoms with Crippen LogP contribution in [0, 0.1) is 5.92 Å². The number of ether oxygens (including phenoxy) is 2. The van der Waals surface area contributed by atoms with Gasteiger partial charge in [0, 0.05) is 6.42 Å². The van der Waals surface area contributed by atoms with Gasteiger partial charge in [-0.25, -0.2) is 4.79 Å². The van der Waals surface area contributed by atoms with Crippen LogP contribution in [0.2, 0.25) is 0 Å². The minimum Gasteiger partial charge on any atom is -0.460 e. The summed E-state index contributed by atoms with van der Waals surface area (Å²) in [5.41, 5.74) is -0.530. The summed E-state index contributed by atoms with van der Waals surface area (Å²) >= 11 is 0. The number of nitrogens with one attached hydrogen (secondary N) is 1. The van der Waals surface area contributed by atoms with Crippen molar-refractivity contribution in [1.82, 2.24) is 5.32 Å². The Morgan fingerprint density at radius 3 is 2.44 bits per heavy atom. The Hall–Kier alpha value is -1.26. The number of cyclic esters (lactones) is 1. The van der Waals surface area contributed by atoms with Gasteiger partial charge >= 0.3 is 12.1 Å². The molecule has 18 heavy (non-hydrogen) atoms. The Kier molecular flexibility index (Phi) is 4.59. The van der Waals surface area contributed by atoms with Gasteiger partial charge in [-0.2, -0.15) is 0 Å². The minimum absolute atomic E-state index is 0.174. The third kappa shape index (κ3) is 4.55. The molecular weight excluding hydrogens is 234 g/mol. The second-order valence-corrected chi connectivity index (χ2v) is 5.98. The highest BCUT2D eigenvalue weighted by Crippen LogP contribution is 2.22. The van der Waals surface area contributed by atoms with Gasteiger partial charge in [0.15, 0.2) is 0 Å². The highest BCUT2D eigenvalue weighted by Gasteiger charge is 2.34. The Labute approximate surface area is 108 Å². The Morgan fingerprint density at radius 1 is 1.44 bits per heavy atom. The zero-order chi connectivity index (χ0) is 13.9. The fourth-order valence-corrected chi connectivity index (χ4v) is 1.93. The average molecular weight is 257 g/mol. The fourth-order valence-electron chi connectivity index (χ4n) is 1.93. The van der Waals surface area contributed by atoms with Gasteiger partial charge in [-0.1, -0.05) is 13.8 Å². The number of esters is 1. The summed E-state index contributed by atoms with van der Waals surface area (Å²) in [5.74, 6) is -0.0231. The highest BCUT2D eigenvalue weighted by molar-refractivity contribution is 5.72. The molecule has 1 N–H and O–H groups in total. The second-order valence-electron chi connectivity index (χ2n) is 5.98. The Bertz CT molecular complexity index is 319. The zero-order valence-electron chi connectivity index (χ0n) is 11.8. The molecular formula is C13H23NO4. The molecule has 0 aromatic rings. The zero-order valence-corrected chi connectivity index (χ0v) is 11.8. The summed E-state index contributed by atoms with van der Waals surface area (Å²) in [6, 6.07) is -0.203. The van der Waals surface area contributed by atoms with Crippen molar-refractivity contribution in [1.29, 1.82) is 0 Å². The molecule has 1 fully saturated rings. The van der Waals surface area contributed by atoms with E-state index < -0.39 is 11.7 Å². The van der Waals surface area contributed by atoms with Gasteiger partial charge in [-0.3, -0.25) is 4.79 Å². The van der Waals surface area contributed by atoms with E-state index in [2.05, 4.69) is 5.32 Å². The van der Waals surface area contributed by atoms with Crippen LogP contribution in [-0.2, 0) is 14.3 Å². The molecule has 2 atom stereocenters. The van der Waals surface area contributed by atoms with Crippen LogP contribution in [0.15, 0.2) is 0 Å². The van der Waals surface area contributed by atoms with Crippen LogP contribution in [-0.4, -0.2) is 29.8 Å². The molecule has 1 amide bonds. The van der Waals surface area contributed by atoms with Crippen molar-refractivity contribution in [2.75, 3.05) is 0 Å². The van der Waals surface area contributed by atoms with E-state index in [1.54, 1.807) is 0 Å². The predicted molar refractivity (Wildman–Crippen MR) is 67.1 cm³/mol. The Morgan fingerprint density at radius 2 is 2.06 bits per heavy atom. The lowest BCUT2D eigenvalue weighted by atomic mass is 9.97. The number of hydrogen-bond donors (Lipinski definition) is 1. The van der Waals surface area contributed by atoms with Crippen molar-refractivity contribution < 1.29 is 19.1 Å². The molecule has 1 aliphatic heterocycles. The van der Waals surface area contributed by atoms with Crippen LogP contribution in [0.3, 0.4) is 0 Å². The van der Waals surface area contributed by atoms with Gasteiger partial charge in [-0.15, -0.1) is 0 Å². The fraction of sp³-hybridized carbons (Fsp3) is 0.846. The monoisotopic (exact) mass is 257 g/mol. The standard InChI is InChI=1S/C13H23NO4/c1-8(2)11(9-6-7-10(15)17-9)14-12(16)18-13(3,4)5/h8-9,11H,6-7H2,1-5H3,(H,14,16)/t9-,11?/m0/s1. The quantitative estimate of drug-likeness (QED) is 0.787. The van der Waals surface area contributed by atoms with Crippen molar-refractivity contribution in [3.63, 3.8) is 0 Å². The van der Waals surface area contributed by atoms with E-state index in [0.717, 1.165) is 0 Å². The van der Waals surface area contributed by atoms with E-state index in [9.17, 15) is 9.59 Å². The van der Waals surface area contributed by atoms with Crippen molar-refractivity contribution in [3.05, 3.63) is 0 Å². The van der Waals surface area contributed by atoms with Crippen molar-refractivity contribution >= 4 is 12.1 Å². The van der Waals surface area contributed by atoms with Gasteiger partial charge in [0.1, 0.15) is 11.7 Å². The van der Waals surface area contributed by atoms with E-state index in [1.807, 2.05) is 34.6 Å². The lowest BCUT2D eigenvalue weighted by molar-refractivity contribution is -0.142. The number of carbonyl (C=O) groups is 2. The van der Waals surface area contributed by atoms with Gasteiger partial charge in [0.2, 0.25) is 0 Å². The molecule has 1 unspecified atom stereocenters. The maximum absolute atomic E-state index is 11.7. The normalized spacial score (nSPS) is 21.7. The van der Waals surface area contributed by atoms with Gasteiger partial charge in [0.05, 0.1) is 6.04 Å². The second kappa shape index (κ2) is 5.59. The topological polar surface area (TPSA) is 64.6 Å². The molecule has 1 rings (SSSR count). The van der Waals surface area contributed by atoms with Crippen LogP contribution >= 0.6 is 0 Å². The molecule has 5 nitrogen and oxygen atoms in total. The summed E-state index contributed by atoms with van der Waals surface area (Å²) in [6.45, 7) is 9.40. The third-order valence-corrected chi connectivity index (χ3v) is 2.72. The number of amides is 1. The summed E-state index contributed by atoms with van der Waals surface area (Å²) in [6.07, 6.45) is 0.357. The molecule has 0 bridgehead atoms. The maximum atomic E-state index is 11.7. The van der Waals surface area contributed by atoms with Crippen LogP contribution in [0.4, 0.5) is 4.79 Å². The number of carbonyl (C=O) groups excluding carboxylic acids is 2. The molecule has 0 radical (unpaired) electrons. The van der Waals surface area contributed by atoms with E-state index in [-0.39, 0.29) is 24.0 Å². The molecule has 0 aromatic carbocycles.